The van der Waals surface area contributed by atoms with Gasteiger partial charge in [0.15, 0.2) is 0 Å². The fourth-order valence-electron chi connectivity index (χ4n) is 4.96. The van der Waals surface area contributed by atoms with E-state index in [2.05, 4.69) is 41.1 Å². The molecule has 3 atom stereocenters. The summed E-state index contributed by atoms with van der Waals surface area (Å²) in [4.78, 5) is 8.22. The lowest BCUT2D eigenvalue weighted by Gasteiger charge is -2.38. The highest BCUT2D eigenvalue weighted by Gasteiger charge is 2.29. The van der Waals surface area contributed by atoms with Crippen molar-refractivity contribution in [2.45, 2.75) is 37.2 Å². The van der Waals surface area contributed by atoms with Gasteiger partial charge in [0.25, 0.3) is 0 Å². The molecular weight excluding hydrogens is 444 g/mol. The van der Waals surface area contributed by atoms with Crippen molar-refractivity contribution in [3.8, 4) is 5.75 Å². The molecule has 1 aromatic heterocycles. The minimum atomic E-state index is -0.555. The lowest BCUT2D eigenvalue weighted by atomic mass is 9.81. The van der Waals surface area contributed by atoms with Crippen LogP contribution < -0.4 is 4.74 Å². The van der Waals surface area contributed by atoms with Crippen molar-refractivity contribution in [1.82, 2.24) is 9.88 Å². The summed E-state index contributed by atoms with van der Waals surface area (Å²) in [5, 5.41) is 22.0. The van der Waals surface area contributed by atoms with Gasteiger partial charge in [0.1, 0.15) is 5.75 Å². The molecule has 4 rings (SSSR count). The molecule has 34 heavy (non-hydrogen) atoms. The molecule has 0 aliphatic carbocycles. The number of aliphatic hydroxyl groups is 2. The number of pyridine rings is 1. The van der Waals surface area contributed by atoms with Crippen molar-refractivity contribution in [3.63, 3.8) is 0 Å². The van der Waals surface area contributed by atoms with E-state index in [4.69, 9.17) is 4.74 Å². The normalized spacial score (nSPS) is 19.9. The van der Waals surface area contributed by atoms with Crippen molar-refractivity contribution in [2.75, 3.05) is 39.1 Å². The Morgan fingerprint density at radius 2 is 1.97 bits per heavy atom. The van der Waals surface area contributed by atoms with E-state index in [0.29, 0.717) is 12.3 Å². The maximum atomic E-state index is 11.0. The zero-order valence-corrected chi connectivity index (χ0v) is 21.0. The summed E-state index contributed by atoms with van der Waals surface area (Å²) in [6.45, 7) is 5.35. The largest absolute Gasteiger partial charge is 0.497 e. The first-order valence-electron chi connectivity index (χ1n) is 12.2. The Labute approximate surface area is 207 Å². The van der Waals surface area contributed by atoms with Crippen LogP contribution in [0.4, 0.5) is 0 Å². The van der Waals surface area contributed by atoms with Gasteiger partial charge in [-0.05, 0) is 86.5 Å². The number of piperidine rings is 1. The topological polar surface area (TPSA) is 65.8 Å². The van der Waals surface area contributed by atoms with Crippen molar-refractivity contribution >= 4 is 22.7 Å². The number of ether oxygens (including phenoxy) is 1. The van der Waals surface area contributed by atoms with E-state index in [0.717, 1.165) is 60.4 Å². The Hall–Kier alpha value is -2.12. The van der Waals surface area contributed by atoms with Gasteiger partial charge < -0.3 is 19.8 Å². The van der Waals surface area contributed by atoms with Gasteiger partial charge in [-0.3, -0.25) is 4.98 Å². The Morgan fingerprint density at radius 1 is 1.15 bits per heavy atom. The van der Waals surface area contributed by atoms with Gasteiger partial charge in [-0.15, -0.1) is 11.8 Å². The molecule has 0 radical (unpaired) electrons. The molecule has 6 heteroatoms. The molecule has 5 nitrogen and oxygen atoms in total. The summed E-state index contributed by atoms with van der Waals surface area (Å²) >= 11 is 1.90. The van der Waals surface area contributed by atoms with E-state index in [1.807, 2.05) is 36.0 Å². The number of rotatable bonds is 10. The van der Waals surface area contributed by atoms with Crippen molar-refractivity contribution in [3.05, 3.63) is 65.9 Å². The standard InChI is InChI=1S/C28H36N2O3S/c1-20-3-7-24(8-4-20)34-16-15-30-14-12-21(22(18-30)19-31)5-10-28(32)25-11-13-29-27-9-6-23(33-2)17-26(25)27/h3-4,6-9,11,13,17,21-22,28,31-32H,5,10,12,14-16,18-19H2,1-2H3/t21-,22-,28-/m1/s1. The van der Waals surface area contributed by atoms with E-state index < -0.39 is 6.10 Å². The molecule has 0 unspecified atom stereocenters. The van der Waals surface area contributed by atoms with Crippen LogP contribution in [0.2, 0.25) is 0 Å². The Balaban J connectivity index is 1.29. The third-order valence-electron chi connectivity index (χ3n) is 7.06. The third kappa shape index (κ3) is 6.30. The molecule has 0 bridgehead atoms. The molecule has 3 aromatic rings. The van der Waals surface area contributed by atoms with Crippen molar-refractivity contribution in [1.29, 1.82) is 0 Å². The predicted molar refractivity (Wildman–Crippen MR) is 140 cm³/mol. The molecule has 2 aromatic carbocycles. The smallest absolute Gasteiger partial charge is 0.119 e. The molecule has 1 fully saturated rings. The second-order valence-corrected chi connectivity index (χ2v) is 10.5. The molecule has 1 saturated heterocycles. The number of hydrogen-bond acceptors (Lipinski definition) is 6. The number of benzene rings is 2. The molecule has 1 aliphatic rings. The number of aliphatic hydroxyl groups excluding tert-OH is 2. The number of nitrogens with zero attached hydrogens (tertiary/aromatic N) is 2. The van der Waals surface area contributed by atoms with Gasteiger partial charge in [-0.1, -0.05) is 17.7 Å². The fraction of sp³-hybridized carbons (Fsp3) is 0.464. The number of likely N-dealkylation sites (tertiary alicyclic amines) is 1. The average Bonchev–Trinajstić information content (AvgIpc) is 2.88. The van der Waals surface area contributed by atoms with Crippen molar-refractivity contribution in [2.24, 2.45) is 11.8 Å². The minimum Gasteiger partial charge on any atom is -0.497 e. The SMILES string of the molecule is COc1ccc2nccc([C@H](O)CC[C@@H]3CCN(CCSc4ccc(C)cc4)C[C@@H]3CO)c2c1. The maximum absolute atomic E-state index is 11.0. The number of aromatic nitrogens is 1. The zero-order valence-electron chi connectivity index (χ0n) is 20.2. The van der Waals surface area contributed by atoms with Gasteiger partial charge in [0, 0.05) is 41.9 Å². The van der Waals surface area contributed by atoms with Crippen molar-refractivity contribution < 1.29 is 14.9 Å². The molecule has 182 valence electrons. The summed E-state index contributed by atoms with van der Waals surface area (Å²) in [6, 6.07) is 16.4. The quantitative estimate of drug-likeness (QED) is 0.394. The monoisotopic (exact) mass is 480 g/mol. The third-order valence-corrected chi connectivity index (χ3v) is 8.05. The highest BCUT2D eigenvalue weighted by molar-refractivity contribution is 7.99. The number of methoxy groups -OCH3 is 1. The van der Waals surface area contributed by atoms with E-state index in [-0.39, 0.29) is 12.5 Å². The van der Waals surface area contributed by atoms with E-state index in [9.17, 15) is 10.2 Å². The van der Waals surface area contributed by atoms with Gasteiger partial charge in [0.05, 0.1) is 18.7 Å². The van der Waals surface area contributed by atoms with E-state index >= 15 is 0 Å². The fourth-order valence-corrected chi connectivity index (χ4v) is 5.88. The second kappa shape index (κ2) is 12.0. The van der Waals surface area contributed by atoms with Gasteiger partial charge in [-0.2, -0.15) is 0 Å². The van der Waals surface area contributed by atoms with Crippen LogP contribution >= 0.6 is 11.8 Å². The Morgan fingerprint density at radius 3 is 2.74 bits per heavy atom. The maximum Gasteiger partial charge on any atom is 0.119 e. The van der Waals surface area contributed by atoms with Crippen LogP contribution in [0.1, 0.15) is 36.5 Å². The number of aryl methyl sites for hydroxylation is 1. The molecule has 2 heterocycles. The van der Waals surface area contributed by atoms with E-state index in [1.54, 1.807) is 13.3 Å². The average molecular weight is 481 g/mol. The predicted octanol–water partition coefficient (Wildman–Crippen LogP) is 5.09. The number of fused-ring (bicyclic) bond motifs is 1. The first-order valence-corrected chi connectivity index (χ1v) is 13.2. The zero-order chi connectivity index (χ0) is 23.9. The Bertz CT molecular complexity index is 1060. The van der Waals surface area contributed by atoms with Gasteiger partial charge >= 0.3 is 0 Å². The lowest BCUT2D eigenvalue weighted by Crippen LogP contribution is -2.43. The first kappa shape index (κ1) is 25.0. The highest BCUT2D eigenvalue weighted by atomic mass is 32.2. The minimum absolute atomic E-state index is 0.206. The van der Waals surface area contributed by atoms with Gasteiger partial charge in [0.2, 0.25) is 0 Å². The number of thioether (sulfide) groups is 1. The summed E-state index contributed by atoms with van der Waals surface area (Å²) in [5.41, 5.74) is 3.05. The Kier molecular flexibility index (Phi) is 8.84. The molecule has 2 N–H and O–H groups in total. The van der Waals surface area contributed by atoms with Crippen LogP contribution in [0.5, 0.6) is 5.75 Å². The molecule has 0 spiro atoms. The van der Waals surface area contributed by atoms with Crippen LogP contribution in [0, 0.1) is 18.8 Å². The summed E-state index contributed by atoms with van der Waals surface area (Å²) < 4.78 is 5.37. The molecule has 0 amide bonds. The number of hydrogen-bond donors (Lipinski definition) is 2. The van der Waals surface area contributed by atoms with Crippen LogP contribution in [0.25, 0.3) is 10.9 Å². The van der Waals surface area contributed by atoms with Crippen LogP contribution in [0.15, 0.2) is 59.6 Å². The second-order valence-electron chi connectivity index (χ2n) is 9.33. The summed E-state index contributed by atoms with van der Waals surface area (Å²) in [6.07, 6.45) is 3.86. The molecule has 0 saturated carbocycles. The lowest BCUT2D eigenvalue weighted by molar-refractivity contribution is 0.0608. The highest BCUT2D eigenvalue weighted by Crippen LogP contribution is 2.33. The summed E-state index contributed by atoms with van der Waals surface area (Å²) in [5.74, 6) is 2.52. The van der Waals surface area contributed by atoms with Crippen LogP contribution in [-0.4, -0.2) is 59.2 Å². The summed E-state index contributed by atoms with van der Waals surface area (Å²) in [7, 11) is 1.65. The molecule has 1 aliphatic heterocycles. The van der Waals surface area contributed by atoms with Crippen LogP contribution in [0.3, 0.4) is 0 Å². The van der Waals surface area contributed by atoms with Gasteiger partial charge in [-0.25, -0.2) is 0 Å². The first-order chi connectivity index (χ1) is 16.6. The van der Waals surface area contributed by atoms with E-state index in [1.165, 1.54) is 10.5 Å². The van der Waals surface area contributed by atoms with Crippen LogP contribution in [-0.2, 0) is 0 Å². The molecular formula is C28H36N2O3S.